The predicted octanol–water partition coefficient (Wildman–Crippen LogP) is 3.27. The number of hydrogen-bond donors (Lipinski definition) is 0. The number of carbonyl (C=O) groups excluding carboxylic acids is 1. The Morgan fingerprint density at radius 3 is 2.84 bits per heavy atom. The molecule has 0 radical (unpaired) electrons. The van der Waals surface area contributed by atoms with Gasteiger partial charge in [-0.2, -0.15) is 0 Å². The first-order chi connectivity index (χ1) is 9.22. The fourth-order valence-electron chi connectivity index (χ4n) is 1.71. The molecule has 0 amide bonds. The van der Waals surface area contributed by atoms with Crippen molar-refractivity contribution in [2.45, 2.75) is 9.83 Å². The second-order valence-electron chi connectivity index (χ2n) is 4.03. The molecule has 0 N–H and O–H groups in total. The first-order valence-corrected chi connectivity index (χ1v) is 7.92. The molecule has 1 saturated heterocycles. The van der Waals surface area contributed by atoms with Gasteiger partial charge in [-0.15, -0.1) is 23.5 Å². The fraction of sp³-hybridized carbons (Fsp3) is 0.357. The van der Waals surface area contributed by atoms with Crippen LogP contribution < -0.4 is 4.74 Å². The lowest BCUT2D eigenvalue weighted by Gasteiger charge is -2.11. The number of carbonyl (C=O) groups is 1. The summed E-state index contributed by atoms with van der Waals surface area (Å²) in [5.41, 5.74) is 1.27. The molecule has 0 aromatic heterocycles. The lowest BCUT2D eigenvalue weighted by atomic mass is 10.2. The van der Waals surface area contributed by atoms with E-state index in [2.05, 4.69) is 18.7 Å². The SMILES string of the molecule is C=CC(=O)OCC1CSC(c2ccc(OC)cc2)S1. The molecule has 3 nitrogen and oxygen atoms in total. The molecule has 102 valence electrons. The zero-order valence-electron chi connectivity index (χ0n) is 10.7. The van der Waals surface area contributed by atoms with Gasteiger partial charge in [0.1, 0.15) is 12.4 Å². The number of rotatable bonds is 5. The van der Waals surface area contributed by atoms with Crippen LogP contribution in [-0.4, -0.2) is 30.7 Å². The van der Waals surface area contributed by atoms with Crippen LogP contribution in [0.3, 0.4) is 0 Å². The van der Waals surface area contributed by atoms with Crippen molar-refractivity contribution >= 4 is 29.5 Å². The van der Waals surface area contributed by atoms with E-state index in [-0.39, 0.29) is 5.97 Å². The van der Waals surface area contributed by atoms with Gasteiger partial charge in [-0.3, -0.25) is 0 Å². The average Bonchev–Trinajstić information content (AvgIpc) is 2.93. The van der Waals surface area contributed by atoms with Crippen LogP contribution in [-0.2, 0) is 9.53 Å². The van der Waals surface area contributed by atoms with Gasteiger partial charge in [0.25, 0.3) is 0 Å². The van der Waals surface area contributed by atoms with Crippen LogP contribution in [0.4, 0.5) is 0 Å². The maximum absolute atomic E-state index is 11.0. The van der Waals surface area contributed by atoms with Gasteiger partial charge in [-0.05, 0) is 17.7 Å². The van der Waals surface area contributed by atoms with Crippen LogP contribution in [0.15, 0.2) is 36.9 Å². The summed E-state index contributed by atoms with van der Waals surface area (Å²) in [5, 5.41) is 0.348. The van der Waals surface area contributed by atoms with Gasteiger partial charge in [-0.1, -0.05) is 18.7 Å². The van der Waals surface area contributed by atoms with E-state index in [0.717, 1.165) is 11.5 Å². The van der Waals surface area contributed by atoms with E-state index in [9.17, 15) is 4.79 Å². The zero-order chi connectivity index (χ0) is 13.7. The third-order valence-corrected chi connectivity index (χ3v) is 6.04. The first kappa shape index (κ1) is 14.3. The smallest absolute Gasteiger partial charge is 0.330 e. The number of ether oxygens (including phenoxy) is 2. The molecule has 1 aromatic carbocycles. The summed E-state index contributed by atoms with van der Waals surface area (Å²) in [7, 11) is 1.66. The molecule has 1 aliphatic heterocycles. The topological polar surface area (TPSA) is 35.5 Å². The van der Waals surface area contributed by atoms with Crippen LogP contribution in [0, 0.1) is 0 Å². The Bertz CT molecular complexity index is 445. The minimum atomic E-state index is -0.349. The van der Waals surface area contributed by atoms with Crippen molar-refractivity contribution in [3.05, 3.63) is 42.5 Å². The maximum atomic E-state index is 11.0. The molecule has 2 atom stereocenters. The fourth-order valence-corrected chi connectivity index (χ4v) is 4.92. The summed E-state index contributed by atoms with van der Waals surface area (Å²) in [6.45, 7) is 3.84. The van der Waals surface area contributed by atoms with Crippen molar-refractivity contribution in [3.8, 4) is 5.75 Å². The summed E-state index contributed by atoms with van der Waals surface area (Å²) >= 11 is 3.72. The van der Waals surface area contributed by atoms with Gasteiger partial charge in [0, 0.05) is 17.1 Å². The summed E-state index contributed by atoms with van der Waals surface area (Å²) in [4.78, 5) is 11.0. The molecule has 0 aliphatic carbocycles. The molecule has 1 heterocycles. The number of esters is 1. The van der Waals surface area contributed by atoms with Gasteiger partial charge in [0.2, 0.25) is 0 Å². The predicted molar refractivity (Wildman–Crippen MR) is 80.7 cm³/mol. The minimum absolute atomic E-state index is 0.348. The molecule has 1 aliphatic rings. The summed E-state index contributed by atoms with van der Waals surface area (Å²) in [6, 6.07) is 8.12. The number of benzene rings is 1. The Morgan fingerprint density at radius 2 is 2.21 bits per heavy atom. The molecular formula is C14H16O3S2. The Balaban J connectivity index is 1.86. The molecule has 0 saturated carbocycles. The maximum Gasteiger partial charge on any atom is 0.330 e. The lowest BCUT2D eigenvalue weighted by molar-refractivity contribution is -0.137. The Labute approximate surface area is 121 Å². The molecule has 2 rings (SSSR count). The van der Waals surface area contributed by atoms with Crippen molar-refractivity contribution in [3.63, 3.8) is 0 Å². The van der Waals surface area contributed by atoms with Crippen LogP contribution in [0.2, 0.25) is 0 Å². The normalized spacial score (nSPS) is 21.9. The molecule has 0 spiro atoms. The monoisotopic (exact) mass is 296 g/mol. The molecule has 19 heavy (non-hydrogen) atoms. The average molecular weight is 296 g/mol. The quantitative estimate of drug-likeness (QED) is 0.615. The Hall–Kier alpha value is -1.07. The highest BCUT2D eigenvalue weighted by Crippen LogP contribution is 2.49. The number of methoxy groups -OCH3 is 1. The largest absolute Gasteiger partial charge is 0.497 e. The van der Waals surface area contributed by atoms with Crippen molar-refractivity contribution in [2.75, 3.05) is 19.5 Å². The van der Waals surface area contributed by atoms with Crippen molar-refractivity contribution < 1.29 is 14.3 Å². The van der Waals surface area contributed by atoms with Crippen molar-refractivity contribution in [2.24, 2.45) is 0 Å². The highest BCUT2D eigenvalue weighted by molar-refractivity contribution is 8.19. The molecule has 2 unspecified atom stereocenters. The van der Waals surface area contributed by atoms with E-state index >= 15 is 0 Å². The van der Waals surface area contributed by atoms with Gasteiger partial charge < -0.3 is 9.47 Å². The standard InChI is InChI=1S/C14H16O3S2/c1-3-13(15)17-8-12-9-18-14(19-12)10-4-6-11(16-2)7-5-10/h3-7,12,14H,1,8-9H2,2H3. The van der Waals surface area contributed by atoms with E-state index in [1.165, 1.54) is 11.6 Å². The number of hydrogen-bond acceptors (Lipinski definition) is 5. The minimum Gasteiger partial charge on any atom is -0.497 e. The number of thioether (sulfide) groups is 2. The molecule has 5 heteroatoms. The second-order valence-corrected chi connectivity index (χ2v) is 6.88. The van der Waals surface area contributed by atoms with Crippen LogP contribution >= 0.6 is 23.5 Å². The van der Waals surface area contributed by atoms with Crippen molar-refractivity contribution in [1.82, 2.24) is 0 Å². The molecular weight excluding hydrogens is 280 g/mol. The second kappa shape index (κ2) is 6.91. The summed E-state index contributed by atoms with van der Waals surface area (Å²) in [5.74, 6) is 1.51. The van der Waals surface area contributed by atoms with Crippen LogP contribution in [0.25, 0.3) is 0 Å². The first-order valence-electron chi connectivity index (χ1n) is 5.93. The van der Waals surface area contributed by atoms with E-state index in [4.69, 9.17) is 9.47 Å². The highest BCUT2D eigenvalue weighted by atomic mass is 32.2. The third-order valence-electron chi connectivity index (χ3n) is 2.72. The van der Waals surface area contributed by atoms with Gasteiger partial charge in [0.15, 0.2) is 0 Å². The van der Waals surface area contributed by atoms with Crippen LogP contribution in [0.1, 0.15) is 10.1 Å². The van der Waals surface area contributed by atoms with E-state index < -0.39 is 0 Å². The Kier molecular flexibility index (Phi) is 5.22. The van der Waals surface area contributed by atoms with E-state index in [1.54, 1.807) is 7.11 Å². The Morgan fingerprint density at radius 1 is 1.47 bits per heavy atom. The molecule has 1 fully saturated rings. The van der Waals surface area contributed by atoms with Gasteiger partial charge >= 0.3 is 5.97 Å². The summed E-state index contributed by atoms with van der Waals surface area (Å²) < 4.78 is 10.6. The molecule has 1 aromatic rings. The highest BCUT2D eigenvalue weighted by Gasteiger charge is 2.27. The molecule has 0 bridgehead atoms. The zero-order valence-corrected chi connectivity index (χ0v) is 12.3. The van der Waals surface area contributed by atoms with E-state index in [1.807, 2.05) is 35.7 Å². The van der Waals surface area contributed by atoms with E-state index in [0.29, 0.717) is 16.4 Å². The summed E-state index contributed by atoms with van der Waals surface area (Å²) in [6.07, 6.45) is 1.20. The van der Waals surface area contributed by atoms with Gasteiger partial charge in [0.05, 0.1) is 11.7 Å². The van der Waals surface area contributed by atoms with Gasteiger partial charge in [-0.25, -0.2) is 4.79 Å². The van der Waals surface area contributed by atoms with Crippen molar-refractivity contribution in [1.29, 1.82) is 0 Å². The lowest BCUT2D eigenvalue weighted by Crippen LogP contribution is -2.14. The third kappa shape index (κ3) is 3.94. The van der Waals surface area contributed by atoms with Crippen LogP contribution in [0.5, 0.6) is 5.75 Å².